The normalized spacial score (nSPS) is 10.9. The fraction of sp³-hybridized carbons (Fsp3) is 0.172. The van der Waals surface area contributed by atoms with Gasteiger partial charge in [0.15, 0.2) is 17.3 Å². The highest BCUT2D eigenvalue weighted by Gasteiger charge is 2.12. The van der Waals surface area contributed by atoms with Crippen molar-refractivity contribution in [2.75, 3.05) is 13.7 Å². The van der Waals surface area contributed by atoms with Gasteiger partial charge in [0.2, 0.25) is 0 Å². The largest absolute Gasteiger partial charge is 0.493 e. The van der Waals surface area contributed by atoms with Gasteiger partial charge in [-0.05, 0) is 74.5 Å². The number of rotatable bonds is 11. The Kier molecular flexibility index (Phi) is 8.10. The van der Waals surface area contributed by atoms with Crippen LogP contribution in [-0.4, -0.2) is 30.4 Å². The first-order valence-corrected chi connectivity index (χ1v) is 11.7. The third-order valence-corrected chi connectivity index (χ3v) is 5.58. The first kappa shape index (κ1) is 25.4. The summed E-state index contributed by atoms with van der Waals surface area (Å²) in [5.74, 6) is 1.91. The molecule has 0 aliphatic rings. The van der Waals surface area contributed by atoms with E-state index in [9.17, 15) is 4.79 Å². The average molecular weight is 500 g/mol. The van der Waals surface area contributed by atoms with Crippen LogP contribution in [0.15, 0.2) is 88.9 Å². The maximum atomic E-state index is 12.5. The van der Waals surface area contributed by atoms with Gasteiger partial charge in [0.1, 0.15) is 24.7 Å². The number of amides is 1. The fourth-order valence-electron chi connectivity index (χ4n) is 3.81. The van der Waals surface area contributed by atoms with E-state index in [-0.39, 0.29) is 12.4 Å². The van der Waals surface area contributed by atoms with Crippen LogP contribution < -0.4 is 19.6 Å². The SMILES string of the molecule is C=CCOc1c(C=NNC(=O)c2ccc(COc3ccc(-n4c(C)ccc4C)cc3)o2)cccc1OC. The van der Waals surface area contributed by atoms with Crippen molar-refractivity contribution in [2.45, 2.75) is 20.5 Å². The van der Waals surface area contributed by atoms with E-state index in [0.29, 0.717) is 35.2 Å². The second-order valence-electron chi connectivity index (χ2n) is 8.18. The average Bonchev–Trinajstić information content (AvgIpc) is 3.53. The van der Waals surface area contributed by atoms with Gasteiger partial charge in [-0.2, -0.15) is 5.10 Å². The molecule has 0 fully saturated rings. The van der Waals surface area contributed by atoms with Crippen molar-refractivity contribution < 1.29 is 23.4 Å². The highest BCUT2D eigenvalue weighted by atomic mass is 16.5. The van der Waals surface area contributed by atoms with E-state index in [1.165, 1.54) is 17.6 Å². The van der Waals surface area contributed by atoms with Crippen LogP contribution in [0.3, 0.4) is 0 Å². The van der Waals surface area contributed by atoms with Crippen molar-refractivity contribution in [1.82, 2.24) is 9.99 Å². The topological polar surface area (TPSA) is 87.2 Å². The van der Waals surface area contributed by atoms with Crippen LogP contribution in [0.4, 0.5) is 0 Å². The zero-order valence-electron chi connectivity index (χ0n) is 21.1. The Morgan fingerprint density at radius 1 is 1.03 bits per heavy atom. The minimum absolute atomic E-state index is 0.124. The molecule has 8 nitrogen and oxygen atoms in total. The number of ether oxygens (including phenoxy) is 3. The van der Waals surface area contributed by atoms with Gasteiger partial charge in [-0.15, -0.1) is 0 Å². The Labute approximate surface area is 215 Å². The summed E-state index contributed by atoms with van der Waals surface area (Å²) in [5, 5.41) is 4.03. The third-order valence-electron chi connectivity index (χ3n) is 5.58. The zero-order valence-corrected chi connectivity index (χ0v) is 21.1. The van der Waals surface area contributed by atoms with E-state index < -0.39 is 5.91 Å². The molecule has 8 heteroatoms. The van der Waals surface area contributed by atoms with Gasteiger partial charge in [-0.3, -0.25) is 4.79 Å². The summed E-state index contributed by atoms with van der Waals surface area (Å²) in [4.78, 5) is 12.5. The van der Waals surface area contributed by atoms with Crippen molar-refractivity contribution in [2.24, 2.45) is 5.10 Å². The second-order valence-corrected chi connectivity index (χ2v) is 8.18. The van der Waals surface area contributed by atoms with Crippen molar-refractivity contribution in [3.8, 4) is 22.9 Å². The number of aryl methyl sites for hydroxylation is 2. The van der Waals surface area contributed by atoms with Crippen molar-refractivity contribution in [1.29, 1.82) is 0 Å². The molecule has 190 valence electrons. The lowest BCUT2D eigenvalue weighted by atomic mass is 10.2. The number of nitrogens with one attached hydrogen (secondary N) is 1. The van der Waals surface area contributed by atoms with E-state index in [0.717, 1.165) is 5.69 Å². The van der Waals surface area contributed by atoms with E-state index in [4.69, 9.17) is 18.6 Å². The molecule has 0 saturated heterocycles. The first-order valence-electron chi connectivity index (χ1n) is 11.7. The predicted molar refractivity (Wildman–Crippen MR) is 142 cm³/mol. The summed E-state index contributed by atoms with van der Waals surface area (Å²) in [6, 6.07) is 20.7. The number of nitrogens with zero attached hydrogens (tertiary/aromatic N) is 2. The zero-order chi connectivity index (χ0) is 26.2. The Morgan fingerprint density at radius 3 is 2.49 bits per heavy atom. The molecule has 37 heavy (non-hydrogen) atoms. The van der Waals surface area contributed by atoms with Crippen molar-refractivity contribution in [3.05, 3.63) is 108 Å². The number of hydrogen-bond acceptors (Lipinski definition) is 6. The molecule has 4 aromatic rings. The van der Waals surface area contributed by atoms with E-state index >= 15 is 0 Å². The number of carbonyl (C=O) groups excluding carboxylic acids is 1. The molecule has 2 heterocycles. The van der Waals surface area contributed by atoms with Crippen LogP contribution in [0, 0.1) is 13.8 Å². The molecule has 0 radical (unpaired) electrons. The van der Waals surface area contributed by atoms with Crippen LogP contribution in [0.25, 0.3) is 5.69 Å². The molecule has 2 aromatic carbocycles. The molecular formula is C29H29N3O5. The summed E-state index contributed by atoms with van der Waals surface area (Å²) < 4.78 is 24.6. The van der Waals surface area contributed by atoms with Crippen LogP contribution in [-0.2, 0) is 6.61 Å². The first-order chi connectivity index (χ1) is 18.0. The molecule has 0 aliphatic heterocycles. The summed E-state index contributed by atoms with van der Waals surface area (Å²) in [6.45, 7) is 8.29. The number of benzene rings is 2. The van der Waals surface area contributed by atoms with E-state index in [2.05, 4.69) is 47.7 Å². The molecule has 0 atom stereocenters. The molecule has 1 N–H and O–H groups in total. The standard InChI is InChI=1S/C29H29N3O5/c1-5-17-35-28-22(7-6-8-26(28)34-4)18-30-31-29(33)27-16-15-25(37-27)19-36-24-13-11-23(12-14-24)32-20(2)9-10-21(32)3/h5-16,18H,1,17,19H2,2-4H3,(H,31,33). The lowest BCUT2D eigenvalue weighted by molar-refractivity contribution is 0.0923. The smallest absolute Gasteiger partial charge is 0.307 e. The van der Waals surface area contributed by atoms with Gasteiger partial charge in [-0.1, -0.05) is 18.7 Å². The highest BCUT2D eigenvalue weighted by Crippen LogP contribution is 2.30. The lowest BCUT2D eigenvalue weighted by Gasteiger charge is -2.11. The summed E-state index contributed by atoms with van der Waals surface area (Å²) >= 11 is 0. The molecule has 0 bridgehead atoms. The molecule has 2 aromatic heterocycles. The number of methoxy groups -OCH3 is 1. The maximum absolute atomic E-state index is 12.5. The van der Waals surface area contributed by atoms with Gasteiger partial charge < -0.3 is 23.2 Å². The molecular weight excluding hydrogens is 470 g/mol. The number of hydrogen-bond donors (Lipinski definition) is 1. The Morgan fingerprint density at radius 2 is 1.78 bits per heavy atom. The van der Waals surface area contributed by atoms with Gasteiger partial charge in [0.05, 0.1) is 13.3 Å². The van der Waals surface area contributed by atoms with Crippen LogP contribution >= 0.6 is 0 Å². The van der Waals surface area contributed by atoms with Crippen molar-refractivity contribution >= 4 is 12.1 Å². The maximum Gasteiger partial charge on any atom is 0.307 e. The van der Waals surface area contributed by atoms with Crippen LogP contribution in [0.1, 0.15) is 33.3 Å². The number of carbonyl (C=O) groups is 1. The van der Waals surface area contributed by atoms with Gasteiger partial charge in [-0.25, -0.2) is 5.43 Å². The number of aromatic nitrogens is 1. The monoisotopic (exact) mass is 499 g/mol. The number of para-hydroxylation sites is 1. The Bertz CT molecular complexity index is 1380. The fourth-order valence-corrected chi connectivity index (χ4v) is 3.81. The van der Waals surface area contributed by atoms with Crippen LogP contribution in [0.5, 0.6) is 17.2 Å². The summed E-state index contributed by atoms with van der Waals surface area (Å²) in [6.07, 6.45) is 3.11. The molecule has 0 aliphatic carbocycles. The molecule has 4 rings (SSSR count). The van der Waals surface area contributed by atoms with Gasteiger partial charge in [0.25, 0.3) is 0 Å². The third kappa shape index (κ3) is 6.10. The highest BCUT2D eigenvalue weighted by molar-refractivity contribution is 5.93. The molecule has 1 amide bonds. The van der Waals surface area contributed by atoms with Crippen molar-refractivity contribution in [3.63, 3.8) is 0 Å². The molecule has 0 spiro atoms. The second kappa shape index (κ2) is 11.8. The van der Waals surface area contributed by atoms with Gasteiger partial charge >= 0.3 is 5.91 Å². The Balaban J connectivity index is 1.33. The van der Waals surface area contributed by atoms with Crippen LogP contribution in [0.2, 0.25) is 0 Å². The molecule has 0 unspecified atom stereocenters. The summed E-state index contributed by atoms with van der Waals surface area (Å²) in [7, 11) is 1.55. The van der Waals surface area contributed by atoms with E-state index in [1.807, 2.05) is 24.3 Å². The minimum Gasteiger partial charge on any atom is -0.493 e. The minimum atomic E-state index is -0.485. The van der Waals surface area contributed by atoms with Gasteiger partial charge in [0, 0.05) is 22.6 Å². The Hall–Kier alpha value is -4.72. The molecule has 0 saturated carbocycles. The number of furan rings is 1. The lowest BCUT2D eigenvalue weighted by Crippen LogP contribution is -2.17. The number of hydrazone groups is 1. The summed E-state index contributed by atoms with van der Waals surface area (Å²) in [5.41, 5.74) is 6.51. The predicted octanol–water partition coefficient (Wildman–Crippen LogP) is 5.60. The quantitative estimate of drug-likeness (QED) is 0.165. The van der Waals surface area contributed by atoms with E-state index in [1.54, 1.807) is 43.5 Å².